The average Bonchev–Trinajstić information content (AvgIpc) is 3.12. The van der Waals surface area contributed by atoms with Crippen LogP contribution in [0.1, 0.15) is 10.4 Å². The molecule has 0 atom stereocenters. The van der Waals surface area contributed by atoms with Crippen molar-refractivity contribution >= 4 is 74.2 Å². The predicted octanol–water partition coefficient (Wildman–Crippen LogP) is 4.81. The minimum absolute atomic E-state index is 0.145. The Morgan fingerprint density at radius 3 is 2.38 bits per heavy atom. The number of halogens is 2. The fourth-order valence-corrected chi connectivity index (χ4v) is 3.72. The molecule has 3 aromatic carbocycles. The van der Waals surface area contributed by atoms with Crippen LogP contribution < -0.4 is 10.6 Å². The van der Waals surface area contributed by atoms with Crippen molar-refractivity contribution in [3.8, 4) is 5.69 Å². The van der Waals surface area contributed by atoms with Gasteiger partial charge in [0.25, 0.3) is 5.91 Å². The lowest BCUT2D eigenvalue weighted by molar-refractivity contribution is 0.0977. The van der Waals surface area contributed by atoms with Crippen LogP contribution in [0.25, 0.3) is 16.7 Å². The van der Waals surface area contributed by atoms with E-state index in [2.05, 4.69) is 43.4 Å². The predicted molar refractivity (Wildman–Crippen MR) is 127 cm³/mol. The summed E-state index contributed by atoms with van der Waals surface area (Å²) in [7, 11) is 0. The van der Waals surface area contributed by atoms with Gasteiger partial charge in [-0.25, -0.2) is 0 Å². The molecule has 0 spiro atoms. The van der Waals surface area contributed by atoms with Crippen molar-refractivity contribution < 1.29 is 4.79 Å². The van der Waals surface area contributed by atoms with Crippen LogP contribution in [-0.4, -0.2) is 26.0 Å². The van der Waals surface area contributed by atoms with Crippen molar-refractivity contribution in [3.63, 3.8) is 0 Å². The van der Waals surface area contributed by atoms with Crippen LogP contribution in [0.5, 0.6) is 0 Å². The zero-order valence-electron chi connectivity index (χ0n) is 14.8. The molecule has 0 aliphatic rings. The monoisotopic (exact) mass is 533 g/mol. The highest BCUT2D eigenvalue weighted by molar-refractivity contribution is 14.1. The first kappa shape index (κ1) is 19.7. The van der Waals surface area contributed by atoms with Crippen molar-refractivity contribution in [3.05, 3.63) is 80.9 Å². The number of para-hydroxylation sites is 1. The first-order chi connectivity index (χ1) is 14.0. The Hall–Kier alpha value is -2.56. The molecule has 29 heavy (non-hydrogen) atoms. The smallest absolute Gasteiger partial charge is 0.258 e. The maximum atomic E-state index is 12.4. The minimum atomic E-state index is -0.292. The van der Waals surface area contributed by atoms with Gasteiger partial charge in [0, 0.05) is 3.57 Å². The molecule has 1 aromatic heterocycles. The van der Waals surface area contributed by atoms with E-state index in [4.69, 9.17) is 23.8 Å². The van der Waals surface area contributed by atoms with E-state index in [1.807, 2.05) is 42.5 Å². The van der Waals surface area contributed by atoms with E-state index in [1.54, 1.807) is 29.1 Å². The van der Waals surface area contributed by atoms with Gasteiger partial charge in [0.2, 0.25) is 0 Å². The van der Waals surface area contributed by atoms with E-state index in [9.17, 15) is 4.79 Å². The number of hydrogen-bond acceptors (Lipinski definition) is 4. The lowest BCUT2D eigenvalue weighted by Gasteiger charge is -2.11. The zero-order valence-corrected chi connectivity index (χ0v) is 18.5. The topological polar surface area (TPSA) is 71.8 Å². The zero-order chi connectivity index (χ0) is 20.4. The van der Waals surface area contributed by atoms with Gasteiger partial charge < -0.3 is 5.32 Å². The number of amides is 1. The first-order valence-corrected chi connectivity index (χ1v) is 10.4. The van der Waals surface area contributed by atoms with Crippen LogP contribution in [0.15, 0.2) is 66.7 Å². The van der Waals surface area contributed by atoms with Gasteiger partial charge in [-0.2, -0.15) is 4.80 Å². The van der Waals surface area contributed by atoms with E-state index < -0.39 is 0 Å². The molecule has 0 saturated carbocycles. The third kappa shape index (κ3) is 4.39. The molecule has 0 unspecified atom stereocenters. The summed E-state index contributed by atoms with van der Waals surface area (Å²) >= 11 is 13.7. The van der Waals surface area contributed by atoms with E-state index in [0.717, 1.165) is 9.26 Å². The number of thiocarbonyl (C=S) groups is 1. The van der Waals surface area contributed by atoms with Gasteiger partial charge in [-0.15, -0.1) is 10.2 Å². The molecule has 1 amide bonds. The number of fused-ring (bicyclic) bond motifs is 1. The third-order valence-electron chi connectivity index (χ3n) is 4.05. The summed E-state index contributed by atoms with van der Waals surface area (Å²) in [4.78, 5) is 14.0. The van der Waals surface area contributed by atoms with E-state index in [1.165, 1.54) is 0 Å². The third-order valence-corrected chi connectivity index (χ3v) is 5.51. The standard InChI is InChI=1S/C20H13ClIN5OS/c21-14-10-17-18(26-27(25-17)12-6-2-1-3-7-12)11-16(14)23-20(29)24-19(28)13-8-4-5-9-15(13)22/h1-11H,(H2,23,24,28,29). The molecule has 144 valence electrons. The van der Waals surface area contributed by atoms with E-state index in [-0.39, 0.29) is 11.0 Å². The molecular formula is C20H13ClIN5OS. The highest BCUT2D eigenvalue weighted by atomic mass is 127. The molecule has 4 rings (SSSR count). The number of nitrogens with one attached hydrogen (secondary N) is 2. The molecule has 1 heterocycles. The molecule has 9 heteroatoms. The maximum absolute atomic E-state index is 12.4. The Morgan fingerprint density at radius 2 is 1.66 bits per heavy atom. The summed E-state index contributed by atoms with van der Waals surface area (Å²) in [6.07, 6.45) is 0. The van der Waals surface area contributed by atoms with Crippen LogP contribution in [0, 0.1) is 3.57 Å². The molecule has 2 N–H and O–H groups in total. The normalized spacial score (nSPS) is 10.7. The van der Waals surface area contributed by atoms with E-state index in [0.29, 0.717) is 27.3 Å². The van der Waals surface area contributed by atoms with Gasteiger partial charge >= 0.3 is 0 Å². The number of hydrogen-bond donors (Lipinski definition) is 2. The van der Waals surface area contributed by atoms with Gasteiger partial charge in [-0.05, 0) is 71.2 Å². The Kier molecular flexibility index (Phi) is 5.74. The summed E-state index contributed by atoms with van der Waals surface area (Å²) in [5.41, 5.74) is 3.22. The molecule has 0 bridgehead atoms. The lowest BCUT2D eigenvalue weighted by atomic mass is 10.2. The molecule has 0 saturated heterocycles. The second-order valence-electron chi connectivity index (χ2n) is 6.03. The van der Waals surface area contributed by atoms with Crippen LogP contribution in [-0.2, 0) is 0 Å². The average molecular weight is 534 g/mol. The van der Waals surface area contributed by atoms with Crippen molar-refractivity contribution in [2.24, 2.45) is 0 Å². The quantitative estimate of drug-likeness (QED) is 0.292. The van der Waals surface area contributed by atoms with E-state index >= 15 is 0 Å². The molecule has 4 aromatic rings. The van der Waals surface area contributed by atoms with Crippen molar-refractivity contribution in [1.29, 1.82) is 0 Å². The van der Waals surface area contributed by atoms with Gasteiger partial charge in [-0.3, -0.25) is 10.1 Å². The van der Waals surface area contributed by atoms with Crippen LogP contribution in [0.4, 0.5) is 5.69 Å². The van der Waals surface area contributed by atoms with Gasteiger partial charge in [0.1, 0.15) is 11.0 Å². The Bertz CT molecular complexity index is 1230. The SMILES string of the molecule is O=C(NC(=S)Nc1cc2nn(-c3ccccc3)nc2cc1Cl)c1ccccc1I. The number of nitrogens with zero attached hydrogens (tertiary/aromatic N) is 3. The highest BCUT2D eigenvalue weighted by Gasteiger charge is 2.14. The molecule has 6 nitrogen and oxygen atoms in total. The first-order valence-electron chi connectivity index (χ1n) is 8.50. The molecular weight excluding hydrogens is 521 g/mol. The van der Waals surface area contributed by atoms with Crippen molar-refractivity contribution in [1.82, 2.24) is 20.3 Å². The summed E-state index contributed by atoms with van der Waals surface area (Å²) in [6.45, 7) is 0. The van der Waals surface area contributed by atoms with Gasteiger partial charge in [-0.1, -0.05) is 41.9 Å². The molecule has 0 fully saturated rings. The summed E-state index contributed by atoms with van der Waals surface area (Å²) in [5.74, 6) is -0.292. The van der Waals surface area contributed by atoms with Crippen LogP contribution >= 0.6 is 46.4 Å². The van der Waals surface area contributed by atoms with Crippen molar-refractivity contribution in [2.45, 2.75) is 0 Å². The van der Waals surface area contributed by atoms with Crippen LogP contribution in [0.2, 0.25) is 5.02 Å². The van der Waals surface area contributed by atoms with Crippen molar-refractivity contribution in [2.75, 3.05) is 5.32 Å². The maximum Gasteiger partial charge on any atom is 0.258 e. The second kappa shape index (κ2) is 8.44. The molecule has 0 radical (unpaired) electrons. The number of rotatable bonds is 3. The fraction of sp³-hybridized carbons (Fsp3) is 0. The number of carbonyl (C=O) groups excluding carboxylic acids is 1. The van der Waals surface area contributed by atoms with Gasteiger partial charge in [0.05, 0.1) is 22.0 Å². The Morgan fingerprint density at radius 1 is 1.00 bits per heavy atom. The molecule has 0 aliphatic carbocycles. The second-order valence-corrected chi connectivity index (χ2v) is 8.01. The summed E-state index contributed by atoms with van der Waals surface area (Å²) in [5, 5.41) is 15.1. The number of aromatic nitrogens is 3. The largest absolute Gasteiger partial charge is 0.331 e. The highest BCUT2D eigenvalue weighted by Crippen LogP contribution is 2.27. The number of benzene rings is 3. The summed E-state index contributed by atoms with van der Waals surface area (Å²) in [6, 6.07) is 20.3. The number of carbonyl (C=O) groups is 1. The number of anilines is 1. The van der Waals surface area contributed by atoms with Crippen LogP contribution in [0.3, 0.4) is 0 Å². The summed E-state index contributed by atoms with van der Waals surface area (Å²) < 4.78 is 0.836. The van der Waals surface area contributed by atoms with Gasteiger partial charge in [0.15, 0.2) is 5.11 Å². The molecule has 0 aliphatic heterocycles. The Labute approximate surface area is 190 Å². The Balaban J connectivity index is 1.54. The lowest BCUT2D eigenvalue weighted by Crippen LogP contribution is -2.34. The minimum Gasteiger partial charge on any atom is -0.331 e. The fourth-order valence-electron chi connectivity index (χ4n) is 2.68.